The summed E-state index contributed by atoms with van der Waals surface area (Å²) in [6, 6.07) is 11.9. The number of amides is 4. The molecule has 1 aliphatic rings. The highest BCUT2D eigenvalue weighted by Gasteiger charge is 2.34. The molecule has 2 aromatic carbocycles. The first kappa shape index (κ1) is 38.1. The van der Waals surface area contributed by atoms with Crippen molar-refractivity contribution in [1.29, 1.82) is 0 Å². The molecule has 4 aromatic rings. The van der Waals surface area contributed by atoms with E-state index in [1.165, 1.54) is 16.7 Å². The first-order valence-corrected chi connectivity index (χ1v) is 18.3. The van der Waals surface area contributed by atoms with Crippen molar-refractivity contribution >= 4 is 69.5 Å². The van der Waals surface area contributed by atoms with Crippen LogP contribution < -0.4 is 27.4 Å². The number of hydrogen-bond acceptors (Lipinski definition) is 8. The van der Waals surface area contributed by atoms with E-state index in [0.29, 0.717) is 51.3 Å². The van der Waals surface area contributed by atoms with Crippen LogP contribution in [-0.4, -0.2) is 70.2 Å². The fourth-order valence-electron chi connectivity index (χ4n) is 6.07. The van der Waals surface area contributed by atoms with Crippen molar-refractivity contribution in [2.24, 2.45) is 11.5 Å². The second-order valence-corrected chi connectivity index (χ2v) is 14.3. The highest BCUT2D eigenvalue weighted by Crippen LogP contribution is 2.39. The minimum Gasteiger partial charge on any atom is -0.370 e. The number of benzene rings is 2. The second kappa shape index (κ2) is 17.9. The van der Waals surface area contributed by atoms with Crippen molar-refractivity contribution in [2.45, 2.75) is 79.7 Å². The van der Waals surface area contributed by atoms with Gasteiger partial charge in [0.05, 0.1) is 11.1 Å². The number of carbonyl (C=O) groups is 4. The summed E-state index contributed by atoms with van der Waals surface area (Å²) < 4.78 is 0. The van der Waals surface area contributed by atoms with Crippen LogP contribution in [0.3, 0.4) is 0 Å². The Morgan fingerprint density at radius 3 is 2.55 bits per heavy atom. The van der Waals surface area contributed by atoms with Gasteiger partial charge in [-0.1, -0.05) is 59.2 Å². The maximum Gasteiger partial charge on any atom is 0.245 e. The summed E-state index contributed by atoms with van der Waals surface area (Å²) in [6.07, 6.45) is 5.20. The molecule has 0 fully saturated rings. The third-order valence-electron chi connectivity index (χ3n) is 8.95. The molecule has 51 heavy (non-hydrogen) atoms. The summed E-state index contributed by atoms with van der Waals surface area (Å²) in [5.41, 5.74) is 14.3. The summed E-state index contributed by atoms with van der Waals surface area (Å²) in [7, 11) is 1.57. The van der Waals surface area contributed by atoms with Gasteiger partial charge in [-0.2, -0.15) is 0 Å². The van der Waals surface area contributed by atoms with Gasteiger partial charge >= 0.3 is 0 Å². The average Bonchev–Trinajstić information content (AvgIpc) is 3.53. The van der Waals surface area contributed by atoms with Crippen LogP contribution in [0.1, 0.15) is 48.8 Å². The number of hydrogen-bond donors (Lipinski definition) is 6. The third kappa shape index (κ3) is 9.60. The Morgan fingerprint density at radius 2 is 1.76 bits per heavy atom. The summed E-state index contributed by atoms with van der Waals surface area (Å²) in [6.45, 7) is 0.646. The SMILES string of the molecule is CN1C(=O)C(CCCCN)NC(=O)C(CCC(N)=O)NCc2cccnc2Sc2c(Cl)ccc(Cl)c2CNC(=O)C1Cc1c[nH]c2ccccc12. The number of primary amides is 1. The van der Waals surface area contributed by atoms with E-state index in [1.54, 1.807) is 31.4 Å². The number of carbonyl (C=O) groups excluding carboxylic acids is 4. The first-order chi connectivity index (χ1) is 24.6. The molecule has 2 aromatic heterocycles. The molecule has 15 heteroatoms. The van der Waals surface area contributed by atoms with Gasteiger partial charge in [-0.3, -0.25) is 19.2 Å². The Labute approximate surface area is 310 Å². The van der Waals surface area contributed by atoms with Crippen LogP contribution in [0, 0.1) is 0 Å². The lowest BCUT2D eigenvalue weighted by Crippen LogP contribution is -2.57. The molecule has 0 aliphatic carbocycles. The van der Waals surface area contributed by atoms with E-state index in [2.05, 4.69) is 25.9 Å². The number of pyridine rings is 1. The number of unbranched alkanes of at least 4 members (excludes halogenated alkanes) is 1. The van der Waals surface area contributed by atoms with Crippen molar-refractivity contribution in [3.63, 3.8) is 0 Å². The molecule has 0 bridgehead atoms. The standard InChI is InChI=1S/C36H42Cl2N8O4S/c1-46-30(17-22-19-42-27-9-3-2-8-23(22)27)34(49)44-20-24-25(37)11-12-26(38)32(24)51-35-21(7-6-16-41-35)18-43-28(13-14-31(40)47)33(48)45-29(36(46)50)10-4-5-15-39/h2-3,6-9,11-12,16,19,28-30,42-43H,4-5,10,13-15,17-18,20,39H2,1H3,(H2,40,47)(H,44,49)(H,45,48). The molecule has 3 heterocycles. The lowest BCUT2D eigenvalue weighted by atomic mass is 10.0. The van der Waals surface area contributed by atoms with Crippen LogP contribution in [0.4, 0.5) is 0 Å². The molecule has 8 N–H and O–H groups in total. The lowest BCUT2D eigenvalue weighted by molar-refractivity contribution is -0.142. The molecule has 5 rings (SSSR count). The molecule has 3 atom stereocenters. The van der Waals surface area contributed by atoms with Gasteiger partial charge in [0.15, 0.2) is 0 Å². The van der Waals surface area contributed by atoms with Gasteiger partial charge in [0.2, 0.25) is 23.6 Å². The Hall–Kier alpha value is -4.14. The Kier molecular flexibility index (Phi) is 13.4. The Morgan fingerprint density at radius 1 is 0.980 bits per heavy atom. The molecule has 12 nitrogen and oxygen atoms in total. The van der Waals surface area contributed by atoms with Crippen molar-refractivity contribution in [2.75, 3.05) is 13.6 Å². The normalized spacial score (nSPS) is 19.2. The average molecular weight is 754 g/mol. The summed E-state index contributed by atoms with van der Waals surface area (Å²) in [4.78, 5) is 64.2. The van der Waals surface area contributed by atoms with E-state index in [-0.39, 0.29) is 32.4 Å². The second-order valence-electron chi connectivity index (χ2n) is 12.4. The van der Waals surface area contributed by atoms with E-state index in [0.717, 1.165) is 22.0 Å². The van der Waals surface area contributed by atoms with Gasteiger partial charge in [0.1, 0.15) is 17.1 Å². The molecular formula is C36H42Cl2N8O4S. The molecular weight excluding hydrogens is 711 g/mol. The number of aromatic nitrogens is 2. The molecule has 3 unspecified atom stereocenters. The van der Waals surface area contributed by atoms with Gasteiger partial charge in [-0.25, -0.2) is 4.98 Å². The van der Waals surface area contributed by atoms with E-state index in [4.69, 9.17) is 34.7 Å². The number of para-hydroxylation sites is 1. The molecule has 4 amide bonds. The van der Waals surface area contributed by atoms with Gasteiger partial charge in [-0.05, 0) is 67.6 Å². The fourth-order valence-corrected chi connectivity index (χ4v) is 7.69. The smallest absolute Gasteiger partial charge is 0.245 e. The zero-order valence-corrected chi connectivity index (χ0v) is 30.5. The third-order valence-corrected chi connectivity index (χ3v) is 11.0. The predicted octanol–water partition coefficient (Wildman–Crippen LogP) is 4.06. The Bertz CT molecular complexity index is 1890. The Balaban J connectivity index is 1.58. The van der Waals surface area contributed by atoms with Crippen LogP contribution in [-0.2, 0) is 38.7 Å². The number of nitrogens with two attached hydrogens (primary N) is 2. The van der Waals surface area contributed by atoms with Crippen LogP contribution in [0.5, 0.6) is 0 Å². The summed E-state index contributed by atoms with van der Waals surface area (Å²) >= 11 is 14.8. The van der Waals surface area contributed by atoms with Gasteiger partial charge in [-0.15, -0.1) is 0 Å². The lowest BCUT2D eigenvalue weighted by Gasteiger charge is -2.32. The number of aromatic amines is 1. The van der Waals surface area contributed by atoms with Crippen molar-refractivity contribution in [3.05, 3.63) is 87.7 Å². The van der Waals surface area contributed by atoms with E-state index in [9.17, 15) is 19.2 Å². The largest absolute Gasteiger partial charge is 0.370 e. The number of nitrogens with zero attached hydrogens (tertiary/aromatic N) is 2. The maximum absolute atomic E-state index is 14.4. The molecule has 0 saturated carbocycles. The first-order valence-electron chi connectivity index (χ1n) is 16.8. The predicted molar refractivity (Wildman–Crippen MR) is 199 cm³/mol. The highest BCUT2D eigenvalue weighted by atomic mass is 35.5. The van der Waals surface area contributed by atoms with Gasteiger partial charge in [0.25, 0.3) is 0 Å². The number of nitrogens with one attached hydrogen (secondary N) is 4. The zero-order valence-electron chi connectivity index (χ0n) is 28.2. The van der Waals surface area contributed by atoms with Crippen molar-refractivity contribution < 1.29 is 19.2 Å². The molecule has 0 radical (unpaired) electrons. The van der Waals surface area contributed by atoms with Gasteiger partial charge < -0.3 is 37.3 Å². The minimum atomic E-state index is -0.973. The van der Waals surface area contributed by atoms with E-state index in [1.807, 2.05) is 36.5 Å². The monoisotopic (exact) mass is 752 g/mol. The highest BCUT2D eigenvalue weighted by molar-refractivity contribution is 7.99. The van der Waals surface area contributed by atoms with Crippen LogP contribution in [0.25, 0.3) is 10.9 Å². The van der Waals surface area contributed by atoms with Crippen molar-refractivity contribution in [1.82, 2.24) is 30.8 Å². The van der Waals surface area contributed by atoms with Crippen LogP contribution in [0.15, 0.2) is 70.8 Å². The van der Waals surface area contributed by atoms with Gasteiger partial charge in [0, 0.05) is 71.8 Å². The summed E-state index contributed by atoms with van der Waals surface area (Å²) in [5, 5.41) is 11.5. The zero-order chi connectivity index (χ0) is 36.5. The molecule has 0 spiro atoms. The topological polar surface area (TPSA) is 188 Å². The fraction of sp³-hybridized carbons (Fsp3) is 0.361. The number of likely N-dealkylation sites (N-methyl/N-ethyl adjacent to an activating group) is 1. The quantitative estimate of drug-likeness (QED) is 0.138. The molecule has 0 saturated heterocycles. The molecule has 270 valence electrons. The van der Waals surface area contributed by atoms with Crippen molar-refractivity contribution in [3.8, 4) is 0 Å². The van der Waals surface area contributed by atoms with E-state index >= 15 is 0 Å². The minimum absolute atomic E-state index is 0.0270. The number of H-pyrrole nitrogens is 1. The maximum atomic E-state index is 14.4. The number of fused-ring (bicyclic) bond motifs is 3. The van der Waals surface area contributed by atoms with Crippen LogP contribution in [0.2, 0.25) is 10.0 Å². The molecule has 1 aliphatic heterocycles. The number of rotatable bonds is 9. The van der Waals surface area contributed by atoms with E-state index < -0.39 is 41.8 Å². The van der Waals surface area contributed by atoms with Crippen LogP contribution >= 0.6 is 35.0 Å². The number of halogens is 2. The summed E-state index contributed by atoms with van der Waals surface area (Å²) in [5.74, 6) is -1.89.